The van der Waals surface area contributed by atoms with Gasteiger partial charge in [0.1, 0.15) is 0 Å². The van der Waals surface area contributed by atoms with Gasteiger partial charge in [-0.25, -0.2) is 13.3 Å². The first-order chi connectivity index (χ1) is 15.2. The molecular formula is C22H27ClN2O6S. The molecule has 10 heteroatoms. The van der Waals surface area contributed by atoms with Gasteiger partial charge >= 0.3 is 5.97 Å². The SMILES string of the molecule is CCOC(=O)C1CCN(S(=O)(=O)c2ccc(N3C(=O)CC4(CCCC4)C3=O)c(Cl)c2)CC1. The molecule has 2 saturated heterocycles. The van der Waals surface area contributed by atoms with Gasteiger partial charge in [-0.1, -0.05) is 24.4 Å². The number of hydrogen-bond acceptors (Lipinski definition) is 6. The molecule has 1 saturated carbocycles. The van der Waals surface area contributed by atoms with Crippen molar-refractivity contribution >= 4 is 45.1 Å². The Hall–Kier alpha value is -1.97. The zero-order chi connectivity index (χ0) is 23.1. The summed E-state index contributed by atoms with van der Waals surface area (Å²) in [5, 5.41) is 0.0456. The number of hydrogen-bond donors (Lipinski definition) is 0. The van der Waals surface area contributed by atoms with Crippen molar-refractivity contribution in [2.45, 2.75) is 56.8 Å². The van der Waals surface area contributed by atoms with E-state index in [0.717, 1.165) is 17.7 Å². The van der Waals surface area contributed by atoms with Gasteiger partial charge in [-0.2, -0.15) is 4.31 Å². The average molecular weight is 483 g/mol. The molecule has 32 heavy (non-hydrogen) atoms. The van der Waals surface area contributed by atoms with E-state index in [2.05, 4.69) is 0 Å². The number of esters is 1. The molecule has 8 nitrogen and oxygen atoms in total. The molecule has 1 spiro atoms. The molecule has 0 bridgehead atoms. The van der Waals surface area contributed by atoms with Crippen molar-refractivity contribution in [2.24, 2.45) is 11.3 Å². The zero-order valence-corrected chi connectivity index (χ0v) is 19.6. The normalized spacial score (nSPS) is 22.1. The molecule has 1 aromatic rings. The van der Waals surface area contributed by atoms with Crippen molar-refractivity contribution in [1.82, 2.24) is 4.31 Å². The summed E-state index contributed by atoms with van der Waals surface area (Å²) in [5.74, 6) is -1.13. The molecule has 0 radical (unpaired) electrons. The lowest BCUT2D eigenvalue weighted by molar-refractivity contribution is -0.149. The fourth-order valence-electron chi connectivity index (χ4n) is 5.05. The number of benzene rings is 1. The van der Waals surface area contributed by atoms with Crippen LogP contribution < -0.4 is 4.90 Å². The highest BCUT2D eigenvalue weighted by Gasteiger charge is 2.53. The van der Waals surface area contributed by atoms with Gasteiger partial charge in [-0.05, 0) is 50.8 Å². The van der Waals surface area contributed by atoms with Gasteiger partial charge in [0.25, 0.3) is 0 Å². The van der Waals surface area contributed by atoms with Crippen LogP contribution in [-0.2, 0) is 29.1 Å². The van der Waals surface area contributed by atoms with Gasteiger partial charge in [0.05, 0.1) is 33.5 Å². The molecule has 0 N–H and O–H groups in total. The molecule has 2 aliphatic heterocycles. The number of anilines is 1. The van der Waals surface area contributed by atoms with E-state index in [1.54, 1.807) is 6.92 Å². The molecule has 0 atom stereocenters. The molecule has 1 aromatic carbocycles. The summed E-state index contributed by atoms with van der Waals surface area (Å²) >= 11 is 6.39. The van der Waals surface area contributed by atoms with E-state index in [4.69, 9.17) is 16.3 Å². The van der Waals surface area contributed by atoms with Crippen LogP contribution in [0.25, 0.3) is 0 Å². The predicted molar refractivity (Wildman–Crippen MR) is 118 cm³/mol. The maximum Gasteiger partial charge on any atom is 0.309 e. The number of carbonyl (C=O) groups is 3. The van der Waals surface area contributed by atoms with E-state index in [1.807, 2.05) is 0 Å². The number of piperidine rings is 1. The van der Waals surface area contributed by atoms with Gasteiger partial charge in [0.15, 0.2) is 0 Å². The van der Waals surface area contributed by atoms with Crippen molar-refractivity contribution in [3.8, 4) is 0 Å². The van der Waals surface area contributed by atoms with Crippen molar-refractivity contribution in [1.29, 1.82) is 0 Å². The first-order valence-electron chi connectivity index (χ1n) is 11.0. The second-order valence-corrected chi connectivity index (χ2v) is 11.1. The van der Waals surface area contributed by atoms with E-state index in [0.29, 0.717) is 32.3 Å². The van der Waals surface area contributed by atoms with Crippen LogP contribution in [0.4, 0.5) is 5.69 Å². The number of halogens is 1. The Balaban J connectivity index is 1.51. The summed E-state index contributed by atoms with van der Waals surface area (Å²) in [6, 6.07) is 4.11. The molecule has 2 heterocycles. The molecule has 2 amide bonds. The number of amides is 2. The fourth-order valence-corrected chi connectivity index (χ4v) is 6.88. The Morgan fingerprint density at radius 1 is 1.19 bits per heavy atom. The topological polar surface area (TPSA) is 101 Å². The molecule has 1 aliphatic carbocycles. The number of sulfonamides is 1. The van der Waals surface area contributed by atoms with Crippen LogP contribution in [0.1, 0.15) is 51.9 Å². The molecule has 0 aromatic heterocycles. The predicted octanol–water partition coefficient (Wildman–Crippen LogP) is 3.13. The van der Waals surface area contributed by atoms with E-state index in [1.165, 1.54) is 22.5 Å². The van der Waals surface area contributed by atoms with Gasteiger partial charge in [-0.15, -0.1) is 0 Å². The van der Waals surface area contributed by atoms with Crippen LogP contribution in [0.3, 0.4) is 0 Å². The highest BCUT2D eigenvalue weighted by molar-refractivity contribution is 7.89. The van der Waals surface area contributed by atoms with Crippen molar-refractivity contribution < 1.29 is 27.5 Å². The Morgan fingerprint density at radius 3 is 2.44 bits per heavy atom. The number of carbonyl (C=O) groups excluding carboxylic acids is 3. The maximum absolute atomic E-state index is 13.1. The monoisotopic (exact) mass is 482 g/mol. The quantitative estimate of drug-likeness (QED) is 0.472. The molecule has 3 fully saturated rings. The minimum absolute atomic E-state index is 0.00416. The number of ether oxygens (including phenoxy) is 1. The molecule has 0 unspecified atom stereocenters. The van der Waals surface area contributed by atoms with Crippen molar-refractivity contribution in [3.05, 3.63) is 23.2 Å². The number of nitrogens with zero attached hydrogens (tertiary/aromatic N) is 2. The summed E-state index contributed by atoms with van der Waals surface area (Å²) in [7, 11) is -3.83. The summed E-state index contributed by atoms with van der Waals surface area (Å²) < 4.78 is 32.6. The number of rotatable bonds is 5. The van der Waals surface area contributed by atoms with Gasteiger partial charge in [-0.3, -0.25) is 14.4 Å². The third-order valence-corrected chi connectivity index (χ3v) is 9.03. The van der Waals surface area contributed by atoms with Crippen molar-refractivity contribution in [2.75, 3.05) is 24.6 Å². The number of imide groups is 1. The van der Waals surface area contributed by atoms with E-state index in [9.17, 15) is 22.8 Å². The largest absolute Gasteiger partial charge is 0.466 e. The van der Waals surface area contributed by atoms with Gasteiger partial charge in [0.2, 0.25) is 21.8 Å². The van der Waals surface area contributed by atoms with Crippen LogP contribution >= 0.6 is 11.6 Å². The van der Waals surface area contributed by atoms with Crippen LogP contribution in [0, 0.1) is 11.3 Å². The third kappa shape index (κ3) is 3.95. The highest BCUT2D eigenvalue weighted by atomic mass is 35.5. The first-order valence-corrected chi connectivity index (χ1v) is 12.9. The first kappa shape index (κ1) is 23.2. The minimum atomic E-state index is -3.83. The molecule has 4 rings (SSSR count). The Kier molecular flexibility index (Phi) is 6.35. The third-order valence-electron chi connectivity index (χ3n) is 6.83. The maximum atomic E-state index is 13.1. The Bertz CT molecular complexity index is 1040. The minimum Gasteiger partial charge on any atom is -0.466 e. The molecule has 3 aliphatic rings. The van der Waals surface area contributed by atoms with Gasteiger partial charge in [0, 0.05) is 19.5 Å². The summed E-state index contributed by atoms with van der Waals surface area (Å²) in [6.07, 6.45) is 4.19. The van der Waals surface area contributed by atoms with E-state index >= 15 is 0 Å². The van der Waals surface area contributed by atoms with Crippen LogP contribution in [0.5, 0.6) is 0 Å². The second kappa shape index (κ2) is 8.76. The Morgan fingerprint density at radius 2 is 1.84 bits per heavy atom. The lowest BCUT2D eigenvalue weighted by Crippen LogP contribution is -2.40. The van der Waals surface area contributed by atoms with Crippen LogP contribution in [0.15, 0.2) is 23.1 Å². The zero-order valence-electron chi connectivity index (χ0n) is 18.0. The molecule has 174 valence electrons. The van der Waals surface area contributed by atoms with Crippen LogP contribution in [0.2, 0.25) is 5.02 Å². The van der Waals surface area contributed by atoms with Crippen LogP contribution in [-0.4, -0.2) is 50.2 Å². The van der Waals surface area contributed by atoms with E-state index < -0.39 is 15.4 Å². The molecular weight excluding hydrogens is 456 g/mol. The van der Waals surface area contributed by atoms with Gasteiger partial charge < -0.3 is 4.74 Å². The van der Waals surface area contributed by atoms with Crippen molar-refractivity contribution in [3.63, 3.8) is 0 Å². The van der Waals surface area contributed by atoms with E-state index in [-0.39, 0.29) is 58.8 Å². The highest BCUT2D eigenvalue weighted by Crippen LogP contribution is 2.49. The smallest absolute Gasteiger partial charge is 0.309 e. The summed E-state index contributed by atoms with van der Waals surface area (Å²) in [6.45, 7) is 2.45. The Labute approximate surface area is 192 Å². The standard InChI is InChI=1S/C22H27ClN2O6S/c1-2-31-20(27)15-7-11-24(12-8-15)32(29,30)16-5-6-18(17(23)13-16)25-19(26)14-22(21(25)28)9-3-4-10-22/h5-6,13,15H,2-4,7-12,14H2,1H3. The average Bonchev–Trinajstić information content (AvgIpc) is 3.33. The summed E-state index contributed by atoms with van der Waals surface area (Å²) in [5.41, 5.74) is -0.403. The lowest BCUT2D eigenvalue weighted by atomic mass is 9.84. The fraction of sp³-hybridized carbons (Fsp3) is 0.591. The lowest BCUT2D eigenvalue weighted by Gasteiger charge is -2.30. The second-order valence-electron chi connectivity index (χ2n) is 8.74. The summed E-state index contributed by atoms with van der Waals surface area (Å²) in [4.78, 5) is 38.7.